The molecule has 1 amide bonds. The average Bonchev–Trinajstić information content (AvgIpc) is 3.28. The fraction of sp³-hybridized carbons (Fsp3) is 0.300. The van der Waals surface area contributed by atoms with E-state index in [0.717, 1.165) is 30.4 Å². The van der Waals surface area contributed by atoms with Crippen molar-refractivity contribution in [1.29, 1.82) is 0 Å². The Bertz CT molecular complexity index is 902. The summed E-state index contributed by atoms with van der Waals surface area (Å²) < 4.78 is 1.73. The predicted octanol–water partition coefficient (Wildman–Crippen LogP) is 2.58. The van der Waals surface area contributed by atoms with Crippen LogP contribution in [0.5, 0.6) is 0 Å². The molecule has 3 heterocycles. The minimum Gasteiger partial charge on any atom is -0.346 e. The quantitative estimate of drug-likeness (QED) is 0.755. The number of carbonyl (C=O) groups excluding carboxylic acids is 1. The van der Waals surface area contributed by atoms with Crippen molar-refractivity contribution in [3.8, 4) is 5.69 Å². The van der Waals surface area contributed by atoms with E-state index in [-0.39, 0.29) is 5.91 Å². The van der Waals surface area contributed by atoms with Crippen LogP contribution in [0.1, 0.15) is 35.3 Å². The molecule has 1 aromatic carbocycles. The highest BCUT2D eigenvalue weighted by Gasteiger charge is 2.14. The van der Waals surface area contributed by atoms with E-state index in [9.17, 15) is 4.79 Å². The number of benzene rings is 1. The lowest BCUT2D eigenvalue weighted by Gasteiger charge is -2.26. The summed E-state index contributed by atoms with van der Waals surface area (Å²) in [6, 6.07) is 11.1. The maximum atomic E-state index is 12.5. The van der Waals surface area contributed by atoms with Gasteiger partial charge >= 0.3 is 0 Å². The van der Waals surface area contributed by atoms with E-state index in [1.165, 1.54) is 19.3 Å². The second-order valence-corrected chi connectivity index (χ2v) is 6.58. The van der Waals surface area contributed by atoms with Gasteiger partial charge in [0.25, 0.3) is 5.91 Å². The summed E-state index contributed by atoms with van der Waals surface area (Å²) in [5, 5.41) is 7.14. The average molecular weight is 362 g/mol. The maximum absolute atomic E-state index is 12.5. The van der Waals surface area contributed by atoms with E-state index >= 15 is 0 Å². The van der Waals surface area contributed by atoms with E-state index in [1.807, 2.05) is 36.5 Å². The molecule has 1 aliphatic heterocycles. The molecule has 1 N–H and O–H groups in total. The first-order chi connectivity index (χ1) is 13.3. The molecule has 4 rings (SSSR count). The number of rotatable bonds is 5. The number of hydrogen-bond acceptors (Lipinski definition) is 5. The van der Waals surface area contributed by atoms with E-state index in [0.29, 0.717) is 12.1 Å². The van der Waals surface area contributed by atoms with E-state index in [4.69, 9.17) is 0 Å². The highest BCUT2D eigenvalue weighted by molar-refractivity contribution is 5.94. The first kappa shape index (κ1) is 17.2. The van der Waals surface area contributed by atoms with Gasteiger partial charge in [0.2, 0.25) is 5.95 Å². The van der Waals surface area contributed by atoms with E-state index in [2.05, 4.69) is 25.3 Å². The first-order valence-corrected chi connectivity index (χ1v) is 9.25. The fourth-order valence-electron chi connectivity index (χ4n) is 3.21. The molecule has 0 unspecified atom stereocenters. The Labute approximate surface area is 158 Å². The van der Waals surface area contributed by atoms with Gasteiger partial charge in [-0.25, -0.2) is 14.6 Å². The number of nitrogens with one attached hydrogen (secondary N) is 1. The van der Waals surface area contributed by atoms with Crippen molar-refractivity contribution in [3.63, 3.8) is 0 Å². The third kappa shape index (κ3) is 4.13. The standard InChI is InChI=1S/C20H22N6O/c27-19(16-6-4-7-18(14-16)26-13-5-9-23-26)22-15-17-8-10-21-20(24-17)25-11-2-1-3-12-25/h4-10,13-14H,1-3,11-12,15H2,(H,22,27). The third-order valence-electron chi connectivity index (χ3n) is 4.65. The minimum absolute atomic E-state index is 0.137. The third-order valence-corrected chi connectivity index (χ3v) is 4.65. The van der Waals surface area contributed by atoms with Crippen molar-refractivity contribution < 1.29 is 4.79 Å². The zero-order chi connectivity index (χ0) is 18.5. The van der Waals surface area contributed by atoms with Gasteiger partial charge in [-0.3, -0.25) is 4.79 Å². The Kier molecular flexibility index (Phi) is 5.09. The SMILES string of the molecule is O=C(NCc1ccnc(N2CCCCC2)n1)c1cccc(-n2cccn2)c1. The lowest BCUT2D eigenvalue weighted by molar-refractivity contribution is 0.0950. The molecule has 138 valence electrons. The van der Waals surface area contributed by atoms with Gasteiger partial charge in [0.05, 0.1) is 17.9 Å². The summed E-state index contributed by atoms with van der Waals surface area (Å²) in [7, 11) is 0. The molecule has 27 heavy (non-hydrogen) atoms. The summed E-state index contributed by atoms with van der Waals surface area (Å²) in [6.45, 7) is 2.36. The molecular weight excluding hydrogens is 340 g/mol. The van der Waals surface area contributed by atoms with Gasteiger partial charge < -0.3 is 10.2 Å². The highest BCUT2D eigenvalue weighted by Crippen LogP contribution is 2.15. The van der Waals surface area contributed by atoms with Gasteiger partial charge in [0.1, 0.15) is 0 Å². The molecule has 1 saturated heterocycles. The lowest BCUT2D eigenvalue weighted by Crippen LogP contribution is -2.31. The molecule has 1 aliphatic rings. The van der Waals surface area contributed by atoms with Crippen LogP contribution in [0.15, 0.2) is 55.0 Å². The summed E-state index contributed by atoms with van der Waals surface area (Å²) in [5.74, 6) is 0.615. The summed E-state index contributed by atoms with van der Waals surface area (Å²) in [5.41, 5.74) is 2.25. The Hall–Kier alpha value is -3.22. The first-order valence-electron chi connectivity index (χ1n) is 9.25. The minimum atomic E-state index is -0.137. The largest absolute Gasteiger partial charge is 0.346 e. The van der Waals surface area contributed by atoms with Crippen LogP contribution < -0.4 is 10.2 Å². The van der Waals surface area contributed by atoms with Crippen LogP contribution in [-0.4, -0.2) is 38.7 Å². The Morgan fingerprint density at radius 2 is 1.96 bits per heavy atom. The van der Waals surface area contributed by atoms with E-state index < -0.39 is 0 Å². The smallest absolute Gasteiger partial charge is 0.251 e. The molecule has 0 atom stereocenters. The fourth-order valence-corrected chi connectivity index (χ4v) is 3.21. The van der Waals surface area contributed by atoms with Gasteiger partial charge in [0.15, 0.2) is 0 Å². The lowest BCUT2D eigenvalue weighted by atomic mass is 10.1. The predicted molar refractivity (Wildman–Crippen MR) is 103 cm³/mol. The molecular formula is C20H22N6O. The normalized spacial score (nSPS) is 14.1. The molecule has 0 saturated carbocycles. The molecule has 7 nitrogen and oxygen atoms in total. The molecule has 3 aromatic rings. The zero-order valence-corrected chi connectivity index (χ0v) is 15.1. The molecule has 0 radical (unpaired) electrons. The number of anilines is 1. The van der Waals surface area contributed by atoms with Crippen LogP contribution in [0.25, 0.3) is 5.69 Å². The van der Waals surface area contributed by atoms with Gasteiger partial charge in [-0.2, -0.15) is 5.10 Å². The Balaban J connectivity index is 1.41. The van der Waals surface area contributed by atoms with Gasteiger partial charge in [-0.15, -0.1) is 0 Å². The number of nitrogens with zero attached hydrogens (tertiary/aromatic N) is 5. The monoisotopic (exact) mass is 362 g/mol. The summed E-state index contributed by atoms with van der Waals surface area (Å²) >= 11 is 0. The van der Waals surface area contributed by atoms with Gasteiger partial charge in [0, 0.05) is 37.2 Å². The van der Waals surface area contributed by atoms with Crippen molar-refractivity contribution >= 4 is 11.9 Å². The maximum Gasteiger partial charge on any atom is 0.251 e. The second-order valence-electron chi connectivity index (χ2n) is 6.58. The summed E-state index contributed by atoms with van der Waals surface area (Å²) in [6.07, 6.45) is 8.94. The molecule has 2 aromatic heterocycles. The molecule has 0 bridgehead atoms. The van der Waals surface area contributed by atoms with Gasteiger partial charge in [-0.05, 0) is 49.6 Å². The van der Waals surface area contributed by atoms with Crippen LogP contribution in [0.4, 0.5) is 5.95 Å². The van der Waals surface area contributed by atoms with Crippen LogP contribution in [0.3, 0.4) is 0 Å². The molecule has 0 spiro atoms. The molecule has 1 fully saturated rings. The van der Waals surface area contributed by atoms with Crippen LogP contribution in [0.2, 0.25) is 0 Å². The number of hydrogen-bond donors (Lipinski definition) is 1. The van der Waals surface area contributed by atoms with Gasteiger partial charge in [-0.1, -0.05) is 6.07 Å². The van der Waals surface area contributed by atoms with Crippen LogP contribution >= 0.6 is 0 Å². The van der Waals surface area contributed by atoms with Crippen LogP contribution in [0, 0.1) is 0 Å². The van der Waals surface area contributed by atoms with E-state index in [1.54, 1.807) is 23.1 Å². The second kappa shape index (κ2) is 7.99. The van der Waals surface area contributed by atoms with Crippen LogP contribution in [-0.2, 0) is 6.54 Å². The molecule has 7 heteroatoms. The number of piperidine rings is 1. The number of aromatic nitrogens is 4. The number of amides is 1. The molecule has 0 aliphatic carbocycles. The Morgan fingerprint density at radius 1 is 1.07 bits per heavy atom. The van der Waals surface area contributed by atoms with Crippen molar-refractivity contribution in [2.45, 2.75) is 25.8 Å². The number of carbonyl (C=O) groups is 1. The van der Waals surface area contributed by atoms with Crippen molar-refractivity contribution in [1.82, 2.24) is 25.1 Å². The van der Waals surface area contributed by atoms with Crippen molar-refractivity contribution in [2.75, 3.05) is 18.0 Å². The zero-order valence-electron chi connectivity index (χ0n) is 15.1. The topological polar surface area (TPSA) is 75.9 Å². The summed E-state index contributed by atoms with van der Waals surface area (Å²) in [4.78, 5) is 23.7. The Morgan fingerprint density at radius 3 is 2.78 bits per heavy atom. The highest BCUT2D eigenvalue weighted by atomic mass is 16.1. The van der Waals surface area contributed by atoms with Crippen molar-refractivity contribution in [2.24, 2.45) is 0 Å². The van der Waals surface area contributed by atoms with Crippen molar-refractivity contribution in [3.05, 3.63) is 66.2 Å².